The van der Waals surface area contributed by atoms with Gasteiger partial charge < -0.3 is 29.5 Å². The molecular formula is C24H22F4N4O6. The van der Waals surface area contributed by atoms with Crippen molar-refractivity contribution in [1.82, 2.24) is 14.8 Å². The second-order valence-corrected chi connectivity index (χ2v) is 9.41. The third-order valence-corrected chi connectivity index (χ3v) is 7.36. The zero-order valence-electron chi connectivity index (χ0n) is 20.1. The van der Waals surface area contributed by atoms with E-state index in [4.69, 9.17) is 9.57 Å². The van der Waals surface area contributed by atoms with Gasteiger partial charge in [0.15, 0.2) is 17.0 Å². The summed E-state index contributed by atoms with van der Waals surface area (Å²) in [4.78, 5) is 46.1. The summed E-state index contributed by atoms with van der Waals surface area (Å²) < 4.78 is 63.0. The molecule has 2 aromatic rings. The maximum atomic E-state index is 15.7. The highest BCUT2D eigenvalue weighted by Crippen LogP contribution is 2.47. The molecule has 14 heteroatoms. The lowest BCUT2D eigenvalue weighted by Crippen LogP contribution is -2.55. The fourth-order valence-corrected chi connectivity index (χ4v) is 5.24. The quantitative estimate of drug-likeness (QED) is 0.578. The summed E-state index contributed by atoms with van der Waals surface area (Å²) in [6.07, 6.45) is -0.509. The van der Waals surface area contributed by atoms with E-state index in [2.05, 4.69) is 10.5 Å². The Morgan fingerprint density at radius 1 is 1.29 bits per heavy atom. The molecule has 1 aromatic carbocycles. The van der Waals surface area contributed by atoms with Crippen LogP contribution < -0.4 is 10.7 Å². The minimum Gasteiger partial charge on any atom is -0.503 e. The van der Waals surface area contributed by atoms with Crippen LogP contribution in [0.25, 0.3) is 0 Å². The number of aromatic hydroxyl groups is 1. The normalized spacial score (nSPS) is 25.9. The second-order valence-electron chi connectivity index (χ2n) is 9.41. The Hall–Kier alpha value is -4.10. The SMILES string of the molecule is COC1=NOC2(CC[C@H](C)N3C[C@H]2n2cc(C(=O)NCc4c(F)cc(F)cc4F)c(=O)c(O)c2C3=O)[C@@H]1F. The minimum atomic E-state index is -1.87. The van der Waals surface area contributed by atoms with Crippen LogP contribution in [0.15, 0.2) is 28.3 Å². The van der Waals surface area contributed by atoms with Crippen LogP contribution in [0, 0.1) is 17.5 Å². The molecule has 38 heavy (non-hydrogen) atoms. The molecule has 0 radical (unpaired) electrons. The third-order valence-electron chi connectivity index (χ3n) is 7.36. The predicted molar refractivity (Wildman–Crippen MR) is 122 cm³/mol. The van der Waals surface area contributed by atoms with Gasteiger partial charge in [-0.05, 0) is 24.9 Å². The number of ether oxygens (including phenoxy) is 1. The summed E-state index contributed by atoms with van der Waals surface area (Å²) in [5, 5.41) is 16.6. The molecule has 5 rings (SSSR count). The number of benzene rings is 1. The lowest BCUT2D eigenvalue weighted by Gasteiger charge is -2.42. The van der Waals surface area contributed by atoms with Gasteiger partial charge in [-0.1, -0.05) is 0 Å². The summed E-state index contributed by atoms with van der Waals surface area (Å²) in [6.45, 7) is 0.890. The van der Waals surface area contributed by atoms with Crippen LogP contribution in [0.2, 0.25) is 0 Å². The number of hydrogen-bond donors (Lipinski definition) is 2. The van der Waals surface area contributed by atoms with E-state index in [1.54, 1.807) is 6.92 Å². The molecule has 1 aromatic heterocycles. The van der Waals surface area contributed by atoms with Crippen molar-refractivity contribution in [1.29, 1.82) is 0 Å². The summed E-state index contributed by atoms with van der Waals surface area (Å²) in [7, 11) is 1.22. The molecule has 4 atom stereocenters. The maximum Gasteiger partial charge on any atom is 0.274 e. The van der Waals surface area contributed by atoms with Crippen molar-refractivity contribution in [3.05, 3.63) is 62.8 Å². The molecule has 3 aliphatic rings. The highest BCUT2D eigenvalue weighted by atomic mass is 19.1. The second kappa shape index (κ2) is 9.03. The monoisotopic (exact) mass is 538 g/mol. The number of nitrogens with zero attached hydrogens (tertiary/aromatic N) is 3. The average Bonchev–Trinajstić information content (AvgIpc) is 3.12. The lowest BCUT2D eigenvalue weighted by atomic mass is 9.84. The van der Waals surface area contributed by atoms with Crippen molar-refractivity contribution < 1.29 is 41.8 Å². The topological polar surface area (TPSA) is 122 Å². The number of alkyl halides is 1. The number of amides is 2. The zero-order chi connectivity index (χ0) is 27.5. The molecule has 3 aliphatic heterocycles. The molecule has 10 nitrogen and oxygen atoms in total. The van der Waals surface area contributed by atoms with Crippen molar-refractivity contribution in [3.8, 4) is 5.75 Å². The van der Waals surface area contributed by atoms with Gasteiger partial charge in [-0.25, -0.2) is 17.6 Å². The van der Waals surface area contributed by atoms with Crippen LogP contribution in [0.5, 0.6) is 5.75 Å². The van der Waals surface area contributed by atoms with Crippen molar-refractivity contribution in [2.45, 2.75) is 50.2 Å². The summed E-state index contributed by atoms with van der Waals surface area (Å²) >= 11 is 0. The van der Waals surface area contributed by atoms with Crippen LogP contribution in [0.3, 0.4) is 0 Å². The number of oxime groups is 1. The first-order chi connectivity index (χ1) is 18.0. The molecular weight excluding hydrogens is 516 g/mol. The molecule has 1 fully saturated rings. The Bertz CT molecular complexity index is 1420. The summed E-state index contributed by atoms with van der Waals surface area (Å²) in [5.41, 5.74) is -4.70. The van der Waals surface area contributed by atoms with Gasteiger partial charge in [0.2, 0.25) is 11.6 Å². The molecule has 1 spiro atoms. The van der Waals surface area contributed by atoms with Crippen molar-refractivity contribution in [2.75, 3.05) is 13.7 Å². The standard InChI is InChI=1S/C24H22F4N4O6/c1-10-3-4-24(20(28)22(37-2)30-38-24)16-9-31(10)23(36)17-19(34)18(33)13(8-32(16)17)21(35)29-7-12-14(26)5-11(25)6-15(12)27/h5-6,8,10,16,20,34H,3-4,7,9H2,1-2H3,(H,29,35)/t10-,16+,20+,24?/m0/s1. The first-order valence-electron chi connectivity index (χ1n) is 11.6. The summed E-state index contributed by atoms with van der Waals surface area (Å²) in [5.74, 6) is -6.89. The van der Waals surface area contributed by atoms with E-state index in [0.29, 0.717) is 18.6 Å². The van der Waals surface area contributed by atoms with Crippen LogP contribution >= 0.6 is 0 Å². The Morgan fingerprint density at radius 2 is 1.97 bits per heavy atom. The van der Waals surface area contributed by atoms with E-state index in [0.717, 1.165) is 10.8 Å². The number of rotatable bonds is 3. The minimum absolute atomic E-state index is 0.0805. The van der Waals surface area contributed by atoms with Crippen LogP contribution in [-0.4, -0.2) is 63.8 Å². The Labute approximate surface area is 212 Å². The Balaban J connectivity index is 1.57. The molecule has 2 amide bonds. The van der Waals surface area contributed by atoms with Gasteiger partial charge in [-0.3, -0.25) is 14.4 Å². The van der Waals surface area contributed by atoms with Gasteiger partial charge in [0.1, 0.15) is 23.0 Å². The Morgan fingerprint density at radius 3 is 2.61 bits per heavy atom. The number of carbonyl (C=O) groups excluding carboxylic acids is 2. The molecule has 202 valence electrons. The number of methoxy groups -OCH3 is 1. The predicted octanol–water partition coefficient (Wildman–Crippen LogP) is 2.15. The molecule has 0 saturated carbocycles. The van der Waals surface area contributed by atoms with Crippen LogP contribution in [0.4, 0.5) is 17.6 Å². The fraction of sp³-hybridized carbons (Fsp3) is 0.417. The van der Waals surface area contributed by atoms with E-state index in [9.17, 15) is 32.7 Å². The average molecular weight is 538 g/mol. The summed E-state index contributed by atoms with van der Waals surface area (Å²) in [6, 6.07) is -0.589. The smallest absolute Gasteiger partial charge is 0.274 e. The molecule has 0 aliphatic carbocycles. The third kappa shape index (κ3) is 3.69. The van der Waals surface area contributed by atoms with Gasteiger partial charge in [0.25, 0.3) is 17.7 Å². The number of hydrogen-bond acceptors (Lipinski definition) is 7. The number of fused-ring (bicyclic) bond motifs is 5. The first kappa shape index (κ1) is 25.5. The largest absolute Gasteiger partial charge is 0.503 e. The molecule has 2 N–H and O–H groups in total. The van der Waals surface area contributed by atoms with Gasteiger partial charge >= 0.3 is 0 Å². The highest BCUT2D eigenvalue weighted by molar-refractivity contribution is 5.99. The molecule has 1 saturated heterocycles. The van der Waals surface area contributed by atoms with Gasteiger partial charge in [-0.15, -0.1) is 0 Å². The zero-order valence-corrected chi connectivity index (χ0v) is 20.1. The number of pyridine rings is 1. The molecule has 4 heterocycles. The highest BCUT2D eigenvalue weighted by Gasteiger charge is 2.61. The van der Waals surface area contributed by atoms with Gasteiger partial charge in [0.05, 0.1) is 13.2 Å². The fourth-order valence-electron chi connectivity index (χ4n) is 5.24. The van der Waals surface area contributed by atoms with Crippen molar-refractivity contribution in [2.24, 2.45) is 5.16 Å². The van der Waals surface area contributed by atoms with Crippen LogP contribution in [0.1, 0.15) is 52.2 Å². The van der Waals surface area contributed by atoms with E-state index in [1.165, 1.54) is 12.0 Å². The lowest BCUT2D eigenvalue weighted by molar-refractivity contribution is -0.0960. The maximum absolute atomic E-state index is 15.7. The number of nitrogens with one attached hydrogen (secondary N) is 1. The van der Waals surface area contributed by atoms with E-state index in [1.807, 2.05) is 0 Å². The number of aromatic nitrogens is 1. The van der Waals surface area contributed by atoms with Crippen molar-refractivity contribution in [3.63, 3.8) is 0 Å². The van der Waals surface area contributed by atoms with Gasteiger partial charge in [0, 0.05) is 43.0 Å². The van der Waals surface area contributed by atoms with Crippen LogP contribution in [-0.2, 0) is 16.1 Å². The number of carbonyl (C=O) groups is 2. The molecule has 1 unspecified atom stereocenters. The number of halogens is 4. The first-order valence-corrected chi connectivity index (χ1v) is 11.6. The Kier molecular flexibility index (Phi) is 6.07. The van der Waals surface area contributed by atoms with Gasteiger partial charge in [-0.2, -0.15) is 0 Å². The van der Waals surface area contributed by atoms with E-state index >= 15 is 4.39 Å². The molecule has 2 bridgehead atoms. The van der Waals surface area contributed by atoms with Crippen molar-refractivity contribution >= 4 is 17.7 Å². The van der Waals surface area contributed by atoms with E-state index in [-0.39, 0.29) is 18.9 Å². The van der Waals surface area contributed by atoms with E-state index < -0.39 is 87.7 Å².